The largest absolute Gasteiger partial charge is 0.392 e. The molecule has 21 heavy (non-hydrogen) atoms. The Labute approximate surface area is 129 Å². The fraction of sp³-hybridized carbons (Fsp3) is 0.722. The molecule has 3 nitrogen and oxygen atoms in total. The molecule has 1 heterocycles. The number of aliphatic hydroxyl groups excluding tert-OH is 1. The molecule has 0 amide bonds. The Morgan fingerprint density at radius 3 is 2.67 bits per heavy atom. The number of pyridine rings is 1. The van der Waals surface area contributed by atoms with Crippen molar-refractivity contribution < 1.29 is 5.11 Å². The second kappa shape index (κ2) is 8.50. The maximum atomic E-state index is 10.7. The number of hydrogen-bond donors (Lipinski definition) is 2. The van der Waals surface area contributed by atoms with Crippen LogP contribution in [0.1, 0.15) is 63.4 Å². The maximum absolute atomic E-state index is 10.7. The van der Waals surface area contributed by atoms with Crippen molar-refractivity contribution in [2.24, 2.45) is 17.6 Å². The smallest absolute Gasteiger partial charge is 0.0649 e. The second-order valence-corrected chi connectivity index (χ2v) is 6.54. The van der Waals surface area contributed by atoms with Gasteiger partial charge in [-0.25, -0.2) is 0 Å². The monoisotopic (exact) mass is 290 g/mol. The lowest BCUT2D eigenvalue weighted by molar-refractivity contribution is 0.0520. The van der Waals surface area contributed by atoms with Crippen LogP contribution >= 0.6 is 0 Å². The molecule has 1 aromatic heterocycles. The number of rotatable bonds is 7. The SMILES string of the molecule is CCCCC1CCC(C(O)C(CN)c2cccnc2)CC1. The minimum atomic E-state index is -0.327. The van der Waals surface area contributed by atoms with E-state index in [-0.39, 0.29) is 12.0 Å². The van der Waals surface area contributed by atoms with Crippen LogP contribution in [0.3, 0.4) is 0 Å². The van der Waals surface area contributed by atoms with Gasteiger partial charge in [0.2, 0.25) is 0 Å². The number of aromatic nitrogens is 1. The van der Waals surface area contributed by atoms with Crippen LogP contribution in [0.2, 0.25) is 0 Å². The van der Waals surface area contributed by atoms with Crippen LogP contribution in [0.5, 0.6) is 0 Å². The van der Waals surface area contributed by atoms with Gasteiger partial charge in [-0.15, -0.1) is 0 Å². The molecule has 0 radical (unpaired) electrons. The summed E-state index contributed by atoms with van der Waals surface area (Å²) in [6.07, 6.45) is 12.1. The molecule has 3 heteroatoms. The second-order valence-electron chi connectivity index (χ2n) is 6.54. The van der Waals surface area contributed by atoms with Gasteiger partial charge in [0, 0.05) is 24.9 Å². The average Bonchev–Trinajstić information content (AvgIpc) is 2.55. The molecule has 1 fully saturated rings. The van der Waals surface area contributed by atoms with Crippen molar-refractivity contribution in [3.05, 3.63) is 30.1 Å². The Morgan fingerprint density at radius 2 is 2.10 bits per heavy atom. The Hall–Kier alpha value is -0.930. The first-order valence-electron chi connectivity index (χ1n) is 8.54. The van der Waals surface area contributed by atoms with Gasteiger partial charge in [0.1, 0.15) is 0 Å². The van der Waals surface area contributed by atoms with Crippen LogP contribution < -0.4 is 5.73 Å². The average molecular weight is 290 g/mol. The highest BCUT2D eigenvalue weighted by Gasteiger charge is 2.31. The molecule has 3 N–H and O–H groups in total. The fourth-order valence-corrected chi connectivity index (χ4v) is 3.71. The molecule has 0 saturated heterocycles. The summed E-state index contributed by atoms with van der Waals surface area (Å²) in [6.45, 7) is 2.75. The number of aliphatic hydroxyl groups is 1. The molecule has 0 aliphatic heterocycles. The standard InChI is InChI=1S/C18H30N2O/c1-2-3-5-14-7-9-15(10-8-14)18(21)17(12-19)16-6-4-11-20-13-16/h4,6,11,13-15,17-18,21H,2-3,5,7-10,12,19H2,1H3. The van der Waals surface area contributed by atoms with Crippen LogP contribution in [0, 0.1) is 11.8 Å². The first-order valence-corrected chi connectivity index (χ1v) is 8.54. The normalized spacial score (nSPS) is 25.5. The van der Waals surface area contributed by atoms with E-state index in [4.69, 9.17) is 5.73 Å². The van der Waals surface area contributed by atoms with Gasteiger partial charge in [0.05, 0.1) is 6.10 Å². The first-order chi connectivity index (χ1) is 10.3. The highest BCUT2D eigenvalue weighted by molar-refractivity contribution is 5.17. The van der Waals surface area contributed by atoms with Crippen molar-refractivity contribution in [1.29, 1.82) is 0 Å². The summed E-state index contributed by atoms with van der Waals surface area (Å²) in [5, 5.41) is 10.7. The number of nitrogens with zero attached hydrogens (tertiary/aromatic N) is 1. The Balaban J connectivity index is 1.89. The van der Waals surface area contributed by atoms with Gasteiger partial charge in [0.25, 0.3) is 0 Å². The molecule has 1 aliphatic rings. The van der Waals surface area contributed by atoms with E-state index in [9.17, 15) is 5.11 Å². The number of nitrogens with two attached hydrogens (primary N) is 1. The molecule has 0 spiro atoms. The van der Waals surface area contributed by atoms with E-state index in [1.807, 2.05) is 18.3 Å². The lowest BCUT2D eigenvalue weighted by Crippen LogP contribution is -2.34. The fourth-order valence-electron chi connectivity index (χ4n) is 3.71. The highest BCUT2D eigenvalue weighted by Crippen LogP contribution is 2.37. The minimum absolute atomic E-state index is 0.0240. The minimum Gasteiger partial charge on any atom is -0.392 e. The molecule has 0 bridgehead atoms. The molecule has 0 aromatic carbocycles. The molecule has 2 rings (SSSR count). The summed E-state index contributed by atoms with van der Waals surface area (Å²) in [7, 11) is 0. The van der Waals surface area contributed by atoms with Gasteiger partial charge in [-0.1, -0.05) is 45.1 Å². The predicted octanol–water partition coefficient (Wildman–Crippen LogP) is 3.48. The zero-order chi connectivity index (χ0) is 15.1. The highest BCUT2D eigenvalue weighted by atomic mass is 16.3. The van der Waals surface area contributed by atoms with Crippen molar-refractivity contribution in [2.45, 2.75) is 63.9 Å². The Kier molecular flexibility index (Phi) is 6.65. The molecule has 1 saturated carbocycles. The lowest BCUT2D eigenvalue weighted by Gasteiger charge is -2.35. The van der Waals surface area contributed by atoms with Crippen LogP contribution in [0.25, 0.3) is 0 Å². The molecule has 118 valence electrons. The summed E-state index contributed by atoms with van der Waals surface area (Å²) < 4.78 is 0. The topological polar surface area (TPSA) is 59.1 Å². The van der Waals surface area contributed by atoms with Crippen LogP contribution in [-0.2, 0) is 0 Å². The van der Waals surface area contributed by atoms with E-state index >= 15 is 0 Å². The molecular formula is C18H30N2O. The van der Waals surface area contributed by atoms with Crippen molar-refractivity contribution in [3.8, 4) is 0 Å². The Bertz CT molecular complexity index is 387. The van der Waals surface area contributed by atoms with Crippen molar-refractivity contribution in [2.75, 3.05) is 6.54 Å². The van der Waals surface area contributed by atoms with Crippen molar-refractivity contribution >= 4 is 0 Å². The van der Waals surface area contributed by atoms with E-state index in [1.165, 1.54) is 32.1 Å². The number of hydrogen-bond acceptors (Lipinski definition) is 3. The first kappa shape index (κ1) is 16.4. The van der Waals surface area contributed by atoms with Gasteiger partial charge in [-0.3, -0.25) is 4.98 Å². The molecule has 2 atom stereocenters. The molecular weight excluding hydrogens is 260 g/mol. The summed E-state index contributed by atoms with van der Waals surface area (Å²) in [6, 6.07) is 3.95. The van der Waals surface area contributed by atoms with E-state index in [0.717, 1.165) is 24.3 Å². The van der Waals surface area contributed by atoms with E-state index in [2.05, 4.69) is 11.9 Å². The van der Waals surface area contributed by atoms with Crippen LogP contribution in [-0.4, -0.2) is 22.7 Å². The van der Waals surface area contributed by atoms with Crippen molar-refractivity contribution in [1.82, 2.24) is 4.98 Å². The van der Waals surface area contributed by atoms with E-state index in [0.29, 0.717) is 12.5 Å². The summed E-state index contributed by atoms with van der Waals surface area (Å²) in [5.74, 6) is 1.30. The zero-order valence-electron chi connectivity index (χ0n) is 13.2. The lowest BCUT2D eigenvalue weighted by atomic mass is 9.74. The van der Waals surface area contributed by atoms with Crippen LogP contribution in [0.15, 0.2) is 24.5 Å². The quantitative estimate of drug-likeness (QED) is 0.808. The van der Waals surface area contributed by atoms with Gasteiger partial charge in [-0.2, -0.15) is 0 Å². The van der Waals surface area contributed by atoms with E-state index < -0.39 is 0 Å². The molecule has 1 aliphatic carbocycles. The summed E-state index contributed by atoms with van der Waals surface area (Å²) in [4.78, 5) is 4.16. The third-order valence-electron chi connectivity index (χ3n) is 5.12. The Morgan fingerprint density at radius 1 is 1.33 bits per heavy atom. The van der Waals surface area contributed by atoms with Gasteiger partial charge in [-0.05, 0) is 36.3 Å². The van der Waals surface area contributed by atoms with Gasteiger partial charge in [0.15, 0.2) is 0 Å². The third-order valence-corrected chi connectivity index (χ3v) is 5.12. The molecule has 2 unspecified atom stereocenters. The van der Waals surface area contributed by atoms with E-state index in [1.54, 1.807) is 6.20 Å². The zero-order valence-corrected chi connectivity index (χ0v) is 13.2. The number of unbranched alkanes of at least 4 members (excludes halogenated alkanes) is 1. The van der Waals surface area contributed by atoms with Gasteiger partial charge < -0.3 is 10.8 Å². The summed E-state index contributed by atoms with van der Waals surface area (Å²) >= 11 is 0. The van der Waals surface area contributed by atoms with Gasteiger partial charge >= 0.3 is 0 Å². The molecule has 1 aromatic rings. The predicted molar refractivity (Wildman–Crippen MR) is 87.0 cm³/mol. The third kappa shape index (κ3) is 4.52. The summed E-state index contributed by atoms with van der Waals surface area (Å²) in [5.41, 5.74) is 6.99. The maximum Gasteiger partial charge on any atom is 0.0649 e. The van der Waals surface area contributed by atoms with Crippen molar-refractivity contribution in [3.63, 3.8) is 0 Å². The van der Waals surface area contributed by atoms with Crippen LogP contribution in [0.4, 0.5) is 0 Å².